The highest BCUT2D eigenvalue weighted by molar-refractivity contribution is 5.94. The van der Waals surface area contributed by atoms with Crippen molar-refractivity contribution in [2.75, 3.05) is 39.4 Å². The first-order chi connectivity index (χ1) is 16.2. The van der Waals surface area contributed by atoms with E-state index >= 15 is 0 Å². The van der Waals surface area contributed by atoms with E-state index < -0.39 is 5.82 Å². The lowest BCUT2D eigenvalue weighted by Crippen LogP contribution is -2.43. The fourth-order valence-electron chi connectivity index (χ4n) is 3.84. The molecule has 1 amide bonds. The molecule has 0 bridgehead atoms. The Labute approximate surface area is 194 Å². The molecule has 0 saturated carbocycles. The van der Waals surface area contributed by atoms with Gasteiger partial charge in [0.15, 0.2) is 0 Å². The van der Waals surface area contributed by atoms with E-state index in [-0.39, 0.29) is 11.5 Å². The first kappa shape index (κ1) is 23.0. The van der Waals surface area contributed by atoms with Gasteiger partial charge in [0.1, 0.15) is 18.2 Å². The summed E-state index contributed by atoms with van der Waals surface area (Å²) in [7, 11) is 0. The molecule has 0 radical (unpaired) electrons. The van der Waals surface area contributed by atoms with Crippen molar-refractivity contribution >= 4 is 5.91 Å². The normalized spacial score (nSPS) is 14.1. The molecule has 1 aliphatic heterocycles. The molecule has 0 aliphatic carbocycles. The lowest BCUT2D eigenvalue weighted by Gasteiger charge is -2.30. The number of amides is 1. The number of nitrogens with zero attached hydrogens (tertiary/aromatic N) is 2. The third-order valence-electron chi connectivity index (χ3n) is 5.70. The second-order valence-corrected chi connectivity index (χ2v) is 8.08. The third kappa shape index (κ3) is 6.63. The van der Waals surface area contributed by atoms with Gasteiger partial charge in [-0.25, -0.2) is 4.39 Å². The number of hydrogen-bond acceptors (Lipinski definition) is 4. The maximum absolute atomic E-state index is 14.4. The smallest absolute Gasteiger partial charge is 0.257 e. The van der Waals surface area contributed by atoms with Crippen LogP contribution in [0.3, 0.4) is 0 Å². The van der Waals surface area contributed by atoms with Crippen LogP contribution in [0.2, 0.25) is 0 Å². The zero-order valence-electron chi connectivity index (χ0n) is 18.7. The van der Waals surface area contributed by atoms with Crippen LogP contribution in [0.25, 0.3) is 0 Å². The fraction of sp³-hybridized carbons (Fsp3) is 0.296. The standard InChI is InChI=1S/C27H29FN2O3/c28-26-12-5-4-11-25(26)27(31)30(14-13-29-15-17-32-18-16-29)20-23-9-6-10-24(19-23)33-21-22-7-2-1-3-8-22/h1-12,19H,13-18,20-21H2. The Morgan fingerprint density at radius 2 is 1.67 bits per heavy atom. The van der Waals surface area contributed by atoms with E-state index in [0.29, 0.717) is 39.5 Å². The predicted molar refractivity (Wildman–Crippen MR) is 126 cm³/mol. The third-order valence-corrected chi connectivity index (χ3v) is 5.70. The minimum absolute atomic E-state index is 0.0935. The first-order valence-corrected chi connectivity index (χ1v) is 11.3. The Bertz CT molecular complexity index is 1040. The fourth-order valence-corrected chi connectivity index (χ4v) is 3.84. The van der Waals surface area contributed by atoms with Crippen molar-refractivity contribution in [2.45, 2.75) is 13.2 Å². The molecule has 172 valence electrons. The molecule has 0 aromatic heterocycles. The van der Waals surface area contributed by atoms with Crippen molar-refractivity contribution in [1.82, 2.24) is 9.80 Å². The lowest BCUT2D eigenvalue weighted by atomic mass is 10.1. The monoisotopic (exact) mass is 448 g/mol. The average molecular weight is 449 g/mol. The molecule has 1 fully saturated rings. The van der Waals surface area contributed by atoms with E-state index in [2.05, 4.69) is 4.90 Å². The molecular weight excluding hydrogens is 419 g/mol. The molecule has 0 spiro atoms. The Balaban J connectivity index is 1.46. The van der Waals surface area contributed by atoms with Crippen LogP contribution in [0.1, 0.15) is 21.5 Å². The van der Waals surface area contributed by atoms with E-state index in [4.69, 9.17) is 9.47 Å². The minimum atomic E-state index is -0.501. The summed E-state index contributed by atoms with van der Waals surface area (Å²) in [6.07, 6.45) is 0. The predicted octanol–water partition coefficient (Wildman–Crippen LogP) is 4.38. The second kappa shape index (κ2) is 11.6. The molecule has 3 aromatic rings. The molecule has 1 heterocycles. The number of carbonyl (C=O) groups excluding carboxylic acids is 1. The van der Waals surface area contributed by atoms with Crippen molar-refractivity contribution in [3.8, 4) is 5.75 Å². The van der Waals surface area contributed by atoms with E-state index in [1.54, 1.807) is 23.1 Å². The van der Waals surface area contributed by atoms with Crippen LogP contribution in [0.5, 0.6) is 5.75 Å². The number of benzene rings is 3. The van der Waals surface area contributed by atoms with Crippen LogP contribution in [-0.2, 0) is 17.9 Å². The highest BCUT2D eigenvalue weighted by Gasteiger charge is 2.21. The van der Waals surface area contributed by atoms with Gasteiger partial charge >= 0.3 is 0 Å². The number of rotatable bonds is 9. The SMILES string of the molecule is O=C(c1ccccc1F)N(CCN1CCOCC1)Cc1cccc(OCc2ccccc2)c1. The summed E-state index contributed by atoms with van der Waals surface area (Å²) in [6.45, 7) is 5.13. The summed E-state index contributed by atoms with van der Waals surface area (Å²) < 4.78 is 25.7. The van der Waals surface area contributed by atoms with Gasteiger partial charge in [0.2, 0.25) is 0 Å². The van der Waals surface area contributed by atoms with Crippen LogP contribution in [0.4, 0.5) is 4.39 Å². The van der Waals surface area contributed by atoms with Crippen LogP contribution in [0.15, 0.2) is 78.9 Å². The first-order valence-electron chi connectivity index (χ1n) is 11.3. The van der Waals surface area contributed by atoms with Gasteiger partial charge in [0.25, 0.3) is 5.91 Å². The summed E-state index contributed by atoms with van der Waals surface area (Å²) >= 11 is 0. The topological polar surface area (TPSA) is 42.0 Å². The van der Waals surface area contributed by atoms with Crippen LogP contribution >= 0.6 is 0 Å². The van der Waals surface area contributed by atoms with Gasteiger partial charge < -0.3 is 14.4 Å². The molecule has 4 rings (SSSR count). The molecule has 6 heteroatoms. The van der Waals surface area contributed by atoms with Crippen molar-refractivity contribution < 1.29 is 18.7 Å². The van der Waals surface area contributed by atoms with Gasteiger partial charge in [0.05, 0.1) is 18.8 Å². The molecule has 1 aliphatic rings. The molecule has 0 atom stereocenters. The van der Waals surface area contributed by atoms with Crippen LogP contribution in [-0.4, -0.2) is 55.1 Å². The lowest BCUT2D eigenvalue weighted by molar-refractivity contribution is 0.0319. The highest BCUT2D eigenvalue weighted by Crippen LogP contribution is 2.19. The Kier molecular flexibility index (Phi) is 8.06. The van der Waals surface area contributed by atoms with Crippen molar-refractivity contribution in [3.05, 3.63) is 101 Å². The van der Waals surface area contributed by atoms with E-state index in [0.717, 1.165) is 30.0 Å². The molecule has 33 heavy (non-hydrogen) atoms. The van der Waals surface area contributed by atoms with Crippen LogP contribution < -0.4 is 4.74 Å². The van der Waals surface area contributed by atoms with E-state index in [9.17, 15) is 9.18 Å². The Hall–Kier alpha value is -3.22. The van der Waals surface area contributed by atoms with Crippen LogP contribution in [0, 0.1) is 5.82 Å². The summed E-state index contributed by atoms with van der Waals surface area (Å²) in [5.74, 6) is -0.0707. The molecule has 1 saturated heterocycles. The number of carbonyl (C=O) groups is 1. The Morgan fingerprint density at radius 1 is 0.939 bits per heavy atom. The average Bonchev–Trinajstić information content (AvgIpc) is 2.87. The molecule has 0 unspecified atom stereocenters. The molecule has 3 aromatic carbocycles. The van der Waals surface area contributed by atoms with Crippen molar-refractivity contribution in [1.29, 1.82) is 0 Å². The summed E-state index contributed by atoms with van der Waals surface area (Å²) in [6, 6.07) is 23.9. The minimum Gasteiger partial charge on any atom is -0.489 e. The molecular formula is C27H29FN2O3. The van der Waals surface area contributed by atoms with E-state index in [1.807, 2.05) is 54.6 Å². The second-order valence-electron chi connectivity index (χ2n) is 8.08. The number of ether oxygens (including phenoxy) is 2. The van der Waals surface area contributed by atoms with Gasteiger partial charge in [-0.15, -0.1) is 0 Å². The maximum atomic E-state index is 14.4. The summed E-state index contributed by atoms with van der Waals surface area (Å²) in [5, 5.41) is 0. The van der Waals surface area contributed by atoms with Gasteiger partial charge in [-0.05, 0) is 35.4 Å². The zero-order chi connectivity index (χ0) is 22.9. The van der Waals surface area contributed by atoms with Gasteiger partial charge in [0, 0.05) is 32.7 Å². The van der Waals surface area contributed by atoms with Crippen molar-refractivity contribution in [2.24, 2.45) is 0 Å². The Morgan fingerprint density at radius 3 is 2.45 bits per heavy atom. The molecule has 0 N–H and O–H groups in total. The number of halogens is 1. The number of hydrogen-bond donors (Lipinski definition) is 0. The quantitative estimate of drug-likeness (QED) is 0.487. The maximum Gasteiger partial charge on any atom is 0.257 e. The summed E-state index contributed by atoms with van der Waals surface area (Å²) in [4.78, 5) is 17.2. The van der Waals surface area contributed by atoms with E-state index in [1.165, 1.54) is 6.07 Å². The molecule has 5 nitrogen and oxygen atoms in total. The van der Waals surface area contributed by atoms with Gasteiger partial charge in [-0.3, -0.25) is 9.69 Å². The zero-order valence-corrected chi connectivity index (χ0v) is 18.7. The highest BCUT2D eigenvalue weighted by atomic mass is 19.1. The number of morpholine rings is 1. The van der Waals surface area contributed by atoms with Crippen molar-refractivity contribution in [3.63, 3.8) is 0 Å². The van der Waals surface area contributed by atoms with Gasteiger partial charge in [-0.1, -0.05) is 54.6 Å². The summed E-state index contributed by atoms with van der Waals surface area (Å²) in [5.41, 5.74) is 2.12. The van der Waals surface area contributed by atoms with Gasteiger partial charge in [-0.2, -0.15) is 0 Å². The largest absolute Gasteiger partial charge is 0.489 e.